The number of piperidine rings is 1. The Balaban J connectivity index is 1.03. The summed E-state index contributed by atoms with van der Waals surface area (Å²) in [6, 6.07) is 3.83. The van der Waals surface area contributed by atoms with Gasteiger partial charge in [0.15, 0.2) is 5.82 Å². The first-order valence-corrected chi connectivity index (χ1v) is 17.9. The van der Waals surface area contributed by atoms with Crippen LogP contribution in [0.15, 0.2) is 24.5 Å². The van der Waals surface area contributed by atoms with Crippen molar-refractivity contribution in [3.05, 3.63) is 35.9 Å². The van der Waals surface area contributed by atoms with Gasteiger partial charge in [-0.3, -0.25) is 9.59 Å². The third kappa shape index (κ3) is 7.08. The summed E-state index contributed by atoms with van der Waals surface area (Å²) in [7, 11) is 0. The number of aliphatic hydroxyl groups is 1. The number of likely N-dealkylation sites (tertiary alicyclic amines) is 1. The van der Waals surface area contributed by atoms with Gasteiger partial charge in [0, 0.05) is 49.5 Å². The number of Topliss-reactive ketones (excluding diaryl/α,β-unsaturated/α-hetero) is 1. The molecule has 1 atom stereocenters. The van der Waals surface area contributed by atoms with Crippen molar-refractivity contribution >= 4 is 17.5 Å². The quantitative estimate of drug-likeness (QED) is 0.351. The number of rotatable bonds is 9. The highest BCUT2D eigenvalue weighted by Gasteiger charge is 2.51. The average molecular weight is 665 g/mol. The molecular weight excluding hydrogens is 611 g/mol. The number of ether oxygens (including phenoxy) is 1. The van der Waals surface area contributed by atoms with Crippen molar-refractivity contribution < 1.29 is 23.8 Å². The van der Waals surface area contributed by atoms with E-state index in [-0.39, 0.29) is 57.7 Å². The topological polar surface area (TPSA) is 112 Å². The molecule has 48 heavy (non-hydrogen) atoms. The Morgan fingerprint density at radius 2 is 1.75 bits per heavy atom. The van der Waals surface area contributed by atoms with Crippen molar-refractivity contribution in [2.24, 2.45) is 22.7 Å². The standard InChI is InChI=1S/C37H53FN6O4/c1-24(2)44(25(3)4)34(46)28-17-27(38)7-8-31(28)48-33-32(39-23-40-41-33)43-21-37(22-43)13-15-42(16-14-37)20-26-9-11-36(12-10-26)18-29(30(45)19-36)35(5,6)47/h7-8,17,23-26,29,47H,9-16,18-22H2,1-6H3. The van der Waals surface area contributed by atoms with E-state index in [1.165, 1.54) is 37.4 Å². The van der Waals surface area contributed by atoms with Gasteiger partial charge >= 0.3 is 0 Å². The van der Waals surface area contributed by atoms with Gasteiger partial charge in [0.2, 0.25) is 0 Å². The number of nitrogens with zero attached hydrogens (tertiary/aromatic N) is 6. The number of ketones is 1. The summed E-state index contributed by atoms with van der Waals surface area (Å²) in [6.45, 7) is 16.3. The second kappa shape index (κ2) is 13.3. The van der Waals surface area contributed by atoms with Gasteiger partial charge in [-0.2, -0.15) is 0 Å². The Morgan fingerprint density at radius 1 is 1.08 bits per heavy atom. The number of anilines is 1. The van der Waals surface area contributed by atoms with Crippen LogP contribution in [0.2, 0.25) is 0 Å². The lowest BCUT2D eigenvalue weighted by molar-refractivity contribution is -0.127. The van der Waals surface area contributed by atoms with E-state index in [1.54, 1.807) is 18.7 Å². The summed E-state index contributed by atoms with van der Waals surface area (Å²) in [4.78, 5) is 37.3. The zero-order valence-corrected chi connectivity index (χ0v) is 29.5. The number of benzene rings is 1. The molecule has 11 heteroatoms. The Labute approximate surface area is 284 Å². The molecule has 0 bridgehead atoms. The van der Waals surface area contributed by atoms with Crippen molar-refractivity contribution in [1.29, 1.82) is 0 Å². The van der Waals surface area contributed by atoms with Gasteiger partial charge in [-0.25, -0.2) is 9.37 Å². The maximum atomic E-state index is 14.4. The van der Waals surface area contributed by atoms with E-state index in [0.29, 0.717) is 18.2 Å². The van der Waals surface area contributed by atoms with Gasteiger partial charge in [-0.1, -0.05) is 0 Å². The monoisotopic (exact) mass is 664 g/mol. The Kier molecular flexibility index (Phi) is 9.58. The summed E-state index contributed by atoms with van der Waals surface area (Å²) in [5, 5.41) is 18.7. The van der Waals surface area contributed by atoms with Crippen LogP contribution < -0.4 is 9.64 Å². The maximum absolute atomic E-state index is 14.4. The summed E-state index contributed by atoms with van der Waals surface area (Å²) >= 11 is 0. The summed E-state index contributed by atoms with van der Waals surface area (Å²) in [5.74, 6) is 0.908. The minimum atomic E-state index is -0.924. The molecule has 10 nitrogen and oxygen atoms in total. The Morgan fingerprint density at radius 3 is 2.35 bits per heavy atom. The Hall–Kier alpha value is -3.18. The summed E-state index contributed by atoms with van der Waals surface area (Å²) < 4.78 is 20.6. The van der Waals surface area contributed by atoms with Crippen molar-refractivity contribution in [3.8, 4) is 11.6 Å². The highest BCUT2D eigenvalue weighted by atomic mass is 19.1. The van der Waals surface area contributed by atoms with Gasteiger partial charge < -0.3 is 24.5 Å². The highest BCUT2D eigenvalue weighted by molar-refractivity contribution is 5.97. The largest absolute Gasteiger partial charge is 0.434 e. The van der Waals surface area contributed by atoms with Gasteiger partial charge in [-0.05, 0) is 129 Å². The van der Waals surface area contributed by atoms with E-state index in [4.69, 9.17) is 4.74 Å². The fourth-order valence-corrected chi connectivity index (χ4v) is 9.02. The molecule has 2 spiro atoms. The molecular formula is C37H53FN6O4. The molecule has 4 aliphatic rings. The molecule has 2 aromatic rings. The predicted octanol–water partition coefficient (Wildman–Crippen LogP) is 5.89. The Bertz CT molecular complexity index is 1480. The molecule has 2 saturated heterocycles. The number of carbonyl (C=O) groups excluding carboxylic acids is 2. The normalized spacial score (nSPS) is 26.0. The van der Waals surface area contributed by atoms with E-state index in [1.807, 2.05) is 27.7 Å². The van der Waals surface area contributed by atoms with Crippen LogP contribution in [0.5, 0.6) is 11.6 Å². The SMILES string of the molecule is CC(C)N(C(=O)c1cc(F)ccc1Oc1nncnc1N1CC2(CCN(CC3CCC4(CC3)CC(=O)C(C(C)(C)O)C4)CC2)C1)C(C)C. The molecule has 6 rings (SSSR count). The van der Waals surface area contributed by atoms with Crippen LogP contribution in [0.4, 0.5) is 10.2 Å². The lowest BCUT2D eigenvalue weighted by Gasteiger charge is -2.54. The molecule has 0 radical (unpaired) electrons. The first-order valence-electron chi connectivity index (χ1n) is 17.9. The number of hydrogen-bond acceptors (Lipinski definition) is 9. The fraction of sp³-hybridized carbons (Fsp3) is 0.703. The van der Waals surface area contributed by atoms with Gasteiger partial charge in [0.1, 0.15) is 23.7 Å². The minimum absolute atomic E-state index is 0.0713. The van der Waals surface area contributed by atoms with Crippen LogP contribution in [0.1, 0.15) is 103 Å². The highest BCUT2D eigenvalue weighted by Crippen LogP contribution is 2.53. The lowest BCUT2D eigenvalue weighted by atomic mass is 9.68. The molecule has 2 aliphatic heterocycles. The van der Waals surface area contributed by atoms with Crippen molar-refractivity contribution in [2.45, 2.75) is 111 Å². The van der Waals surface area contributed by atoms with Crippen LogP contribution in [0.3, 0.4) is 0 Å². The average Bonchev–Trinajstić information content (AvgIpc) is 3.34. The van der Waals surface area contributed by atoms with Gasteiger partial charge in [-0.15, -0.1) is 10.2 Å². The summed E-state index contributed by atoms with van der Waals surface area (Å²) in [6.07, 6.45) is 9.66. The zero-order chi connectivity index (χ0) is 34.4. The molecule has 1 unspecified atom stereocenters. The molecule has 3 heterocycles. The zero-order valence-electron chi connectivity index (χ0n) is 29.5. The molecule has 2 aliphatic carbocycles. The number of aromatic nitrogens is 3. The molecule has 2 saturated carbocycles. The number of carbonyl (C=O) groups is 2. The molecule has 1 N–H and O–H groups in total. The second-order valence-electron chi connectivity index (χ2n) is 16.4. The number of halogens is 1. The molecule has 1 aromatic carbocycles. The van der Waals surface area contributed by atoms with E-state index in [9.17, 15) is 19.1 Å². The van der Waals surface area contributed by atoms with Crippen LogP contribution in [0, 0.1) is 28.5 Å². The van der Waals surface area contributed by atoms with Crippen molar-refractivity contribution in [1.82, 2.24) is 25.0 Å². The smallest absolute Gasteiger partial charge is 0.282 e. The van der Waals surface area contributed by atoms with Crippen molar-refractivity contribution in [2.75, 3.05) is 37.6 Å². The molecule has 1 aromatic heterocycles. The minimum Gasteiger partial charge on any atom is -0.434 e. The van der Waals surface area contributed by atoms with Gasteiger partial charge in [0.05, 0.1) is 11.2 Å². The van der Waals surface area contributed by atoms with Crippen LogP contribution in [0.25, 0.3) is 0 Å². The van der Waals surface area contributed by atoms with E-state index < -0.39 is 11.4 Å². The van der Waals surface area contributed by atoms with Crippen LogP contribution >= 0.6 is 0 Å². The first-order chi connectivity index (χ1) is 22.7. The maximum Gasteiger partial charge on any atom is 0.282 e. The van der Waals surface area contributed by atoms with Crippen LogP contribution in [-0.4, -0.2) is 92.2 Å². The second-order valence-corrected chi connectivity index (χ2v) is 16.4. The predicted molar refractivity (Wildman–Crippen MR) is 181 cm³/mol. The number of amides is 1. The third-order valence-electron chi connectivity index (χ3n) is 11.7. The summed E-state index contributed by atoms with van der Waals surface area (Å²) in [5.41, 5.74) is -0.456. The van der Waals surface area contributed by atoms with Gasteiger partial charge in [0.25, 0.3) is 11.8 Å². The van der Waals surface area contributed by atoms with E-state index in [0.717, 1.165) is 64.8 Å². The van der Waals surface area contributed by atoms with E-state index >= 15 is 0 Å². The first kappa shape index (κ1) is 34.7. The van der Waals surface area contributed by atoms with Crippen LogP contribution in [-0.2, 0) is 4.79 Å². The number of hydrogen-bond donors (Lipinski definition) is 1. The fourth-order valence-electron chi connectivity index (χ4n) is 9.02. The van der Waals surface area contributed by atoms with Crippen molar-refractivity contribution in [3.63, 3.8) is 0 Å². The lowest BCUT2D eigenvalue weighted by Crippen LogP contribution is -2.61. The molecule has 4 fully saturated rings. The molecule has 262 valence electrons. The molecule has 1 amide bonds. The third-order valence-corrected chi connectivity index (χ3v) is 11.7. The van der Waals surface area contributed by atoms with E-state index in [2.05, 4.69) is 25.0 Å².